The molecule has 298 valence electrons. The van der Waals surface area contributed by atoms with Gasteiger partial charge in [-0.05, 0) is 46.3 Å². The summed E-state index contributed by atoms with van der Waals surface area (Å²) < 4.78 is 29.3. The molecule has 0 aromatic heterocycles. The molecule has 1 saturated heterocycles. The standard InChI is InChI=1S/C41H75NO9/c1-6-9-12-15-18-21-24-28-36(44)49-39-34(33-47-35(43)31-27-32-42(4)5)48-41(51-38(46)30-26-23-20-17-14-11-8-3)40(39)50-37(45)29-25-22-19-16-13-10-7-2/h34,39-41H,6-33H2,1-5H3/t34-,39+,40+,41+/m1/s1. The Bertz CT molecular complexity index is 912. The minimum Gasteiger partial charge on any atom is -0.463 e. The van der Waals surface area contributed by atoms with Gasteiger partial charge in [-0.3, -0.25) is 19.2 Å². The Morgan fingerprint density at radius 3 is 1.27 bits per heavy atom. The van der Waals surface area contributed by atoms with Crippen LogP contribution in [-0.4, -0.2) is 80.6 Å². The number of ether oxygens (including phenoxy) is 5. The highest BCUT2D eigenvalue weighted by Crippen LogP contribution is 2.30. The number of carbonyl (C=O) groups is 4. The van der Waals surface area contributed by atoms with Gasteiger partial charge in [0.2, 0.25) is 12.4 Å². The molecule has 0 aliphatic carbocycles. The molecular weight excluding hydrogens is 650 g/mol. The predicted octanol–water partition coefficient (Wildman–Crippen LogP) is 9.39. The fourth-order valence-electron chi connectivity index (χ4n) is 6.26. The summed E-state index contributed by atoms with van der Waals surface area (Å²) in [7, 11) is 3.88. The highest BCUT2D eigenvalue weighted by molar-refractivity contribution is 5.72. The van der Waals surface area contributed by atoms with Crippen LogP contribution in [0, 0.1) is 0 Å². The van der Waals surface area contributed by atoms with Crippen LogP contribution in [0.25, 0.3) is 0 Å². The first-order valence-corrected chi connectivity index (χ1v) is 20.8. The number of carbonyl (C=O) groups excluding carboxylic acids is 4. The molecule has 0 aromatic rings. The van der Waals surface area contributed by atoms with Gasteiger partial charge in [-0.1, -0.05) is 136 Å². The van der Waals surface area contributed by atoms with Crippen LogP contribution in [0.2, 0.25) is 0 Å². The Hall–Kier alpha value is -2.20. The molecule has 0 radical (unpaired) electrons. The highest BCUT2D eigenvalue weighted by atomic mass is 16.8. The molecule has 51 heavy (non-hydrogen) atoms. The van der Waals surface area contributed by atoms with E-state index in [1.54, 1.807) is 0 Å². The van der Waals surface area contributed by atoms with Crippen molar-refractivity contribution in [2.45, 2.75) is 212 Å². The number of unbranched alkanes of at least 4 members (excludes halogenated alkanes) is 18. The molecule has 0 saturated carbocycles. The van der Waals surface area contributed by atoms with Crippen molar-refractivity contribution in [3.63, 3.8) is 0 Å². The van der Waals surface area contributed by atoms with E-state index >= 15 is 0 Å². The van der Waals surface area contributed by atoms with Gasteiger partial charge in [-0.25, -0.2) is 0 Å². The second-order valence-corrected chi connectivity index (χ2v) is 14.6. The van der Waals surface area contributed by atoms with Crippen molar-refractivity contribution < 1.29 is 42.9 Å². The monoisotopic (exact) mass is 726 g/mol. The van der Waals surface area contributed by atoms with E-state index in [9.17, 15) is 19.2 Å². The molecule has 4 atom stereocenters. The first-order chi connectivity index (χ1) is 24.7. The SMILES string of the molecule is CCCCCCCCCC(=O)O[C@@H]1O[C@H](COC(=O)CCCN(C)C)[C@H](OC(=O)CCCCCCCCC)[C@@H]1OC(=O)CCCCCCCCC. The summed E-state index contributed by atoms with van der Waals surface area (Å²) >= 11 is 0. The largest absolute Gasteiger partial charge is 0.463 e. The second kappa shape index (κ2) is 31.3. The van der Waals surface area contributed by atoms with E-state index in [4.69, 9.17) is 23.7 Å². The molecule has 1 heterocycles. The van der Waals surface area contributed by atoms with Crippen LogP contribution in [0.4, 0.5) is 0 Å². The first kappa shape index (κ1) is 46.8. The van der Waals surface area contributed by atoms with E-state index in [2.05, 4.69) is 20.8 Å². The first-order valence-electron chi connectivity index (χ1n) is 20.8. The fourth-order valence-corrected chi connectivity index (χ4v) is 6.26. The lowest BCUT2D eigenvalue weighted by Gasteiger charge is -2.24. The summed E-state index contributed by atoms with van der Waals surface area (Å²) in [6.07, 6.45) is 19.2. The predicted molar refractivity (Wildman–Crippen MR) is 201 cm³/mol. The lowest BCUT2D eigenvalue weighted by Crippen LogP contribution is -2.42. The van der Waals surface area contributed by atoms with Crippen LogP contribution in [0.15, 0.2) is 0 Å². The molecule has 0 bridgehead atoms. The number of nitrogens with zero attached hydrogens (tertiary/aromatic N) is 1. The molecule has 1 rings (SSSR count). The third-order valence-corrected chi connectivity index (χ3v) is 9.40. The summed E-state index contributed by atoms with van der Waals surface area (Å²) in [6.45, 7) is 7.08. The van der Waals surface area contributed by atoms with Gasteiger partial charge >= 0.3 is 23.9 Å². The topological polar surface area (TPSA) is 118 Å². The van der Waals surface area contributed by atoms with E-state index in [0.29, 0.717) is 25.7 Å². The Labute approximate surface area is 310 Å². The third-order valence-electron chi connectivity index (χ3n) is 9.40. The minimum atomic E-state index is -1.27. The molecule has 0 amide bonds. The molecular formula is C41H75NO9. The average Bonchev–Trinajstić information content (AvgIpc) is 3.39. The number of hydrogen-bond acceptors (Lipinski definition) is 10. The maximum atomic E-state index is 13.1. The normalized spacial score (nSPS) is 18.5. The van der Waals surface area contributed by atoms with Crippen molar-refractivity contribution in [2.24, 2.45) is 0 Å². The molecule has 0 unspecified atom stereocenters. The highest BCUT2D eigenvalue weighted by Gasteiger charge is 2.52. The molecule has 10 nitrogen and oxygen atoms in total. The summed E-state index contributed by atoms with van der Waals surface area (Å²) in [5.41, 5.74) is 0. The lowest BCUT2D eigenvalue weighted by molar-refractivity contribution is -0.200. The van der Waals surface area contributed by atoms with Crippen molar-refractivity contribution in [1.82, 2.24) is 4.90 Å². The average molecular weight is 726 g/mol. The molecule has 1 fully saturated rings. The molecule has 1 aliphatic heterocycles. The Morgan fingerprint density at radius 2 is 0.843 bits per heavy atom. The number of esters is 4. The Morgan fingerprint density at radius 1 is 0.471 bits per heavy atom. The summed E-state index contributed by atoms with van der Waals surface area (Å²) in [4.78, 5) is 53.8. The van der Waals surface area contributed by atoms with E-state index in [0.717, 1.165) is 64.3 Å². The number of rotatable bonds is 33. The van der Waals surface area contributed by atoms with Crippen LogP contribution >= 0.6 is 0 Å². The Kier molecular flexibility index (Phi) is 28.8. The lowest BCUT2D eigenvalue weighted by atomic mass is 10.1. The maximum Gasteiger partial charge on any atom is 0.308 e. The van der Waals surface area contributed by atoms with Crippen LogP contribution < -0.4 is 0 Å². The van der Waals surface area contributed by atoms with Gasteiger partial charge < -0.3 is 28.6 Å². The number of hydrogen-bond donors (Lipinski definition) is 0. The minimum absolute atomic E-state index is 0.202. The third kappa shape index (κ3) is 24.6. The van der Waals surface area contributed by atoms with Gasteiger partial charge in [0.15, 0.2) is 6.10 Å². The van der Waals surface area contributed by atoms with Crippen molar-refractivity contribution in [1.29, 1.82) is 0 Å². The summed E-state index contributed by atoms with van der Waals surface area (Å²) in [6, 6.07) is 0. The quantitative estimate of drug-likeness (QED) is 0.0368. The van der Waals surface area contributed by atoms with Crippen LogP contribution in [0.3, 0.4) is 0 Å². The van der Waals surface area contributed by atoms with Gasteiger partial charge in [0.1, 0.15) is 12.7 Å². The summed E-state index contributed by atoms with van der Waals surface area (Å²) in [5, 5.41) is 0. The smallest absolute Gasteiger partial charge is 0.308 e. The van der Waals surface area contributed by atoms with E-state index in [1.165, 1.54) is 57.8 Å². The zero-order valence-electron chi connectivity index (χ0n) is 33.2. The van der Waals surface area contributed by atoms with E-state index in [1.807, 2.05) is 19.0 Å². The molecule has 1 aliphatic rings. The van der Waals surface area contributed by atoms with Crippen molar-refractivity contribution in [3.8, 4) is 0 Å². The van der Waals surface area contributed by atoms with Crippen LogP contribution in [0.5, 0.6) is 0 Å². The molecule has 0 N–H and O–H groups in total. The van der Waals surface area contributed by atoms with Crippen LogP contribution in [-0.2, 0) is 42.9 Å². The van der Waals surface area contributed by atoms with Crippen molar-refractivity contribution >= 4 is 23.9 Å². The maximum absolute atomic E-state index is 13.1. The van der Waals surface area contributed by atoms with Gasteiger partial charge in [0.05, 0.1) is 0 Å². The zero-order valence-corrected chi connectivity index (χ0v) is 33.2. The van der Waals surface area contributed by atoms with E-state index < -0.39 is 48.5 Å². The van der Waals surface area contributed by atoms with Gasteiger partial charge in [-0.2, -0.15) is 0 Å². The Balaban J connectivity index is 2.97. The fraction of sp³-hybridized carbons (Fsp3) is 0.902. The zero-order chi connectivity index (χ0) is 37.5. The van der Waals surface area contributed by atoms with Gasteiger partial charge in [0.25, 0.3) is 0 Å². The molecule has 10 heteroatoms. The van der Waals surface area contributed by atoms with Crippen LogP contribution in [0.1, 0.15) is 188 Å². The molecule has 0 spiro atoms. The van der Waals surface area contributed by atoms with Gasteiger partial charge in [0, 0.05) is 25.7 Å². The van der Waals surface area contributed by atoms with Crippen molar-refractivity contribution in [2.75, 3.05) is 27.2 Å². The van der Waals surface area contributed by atoms with Crippen molar-refractivity contribution in [3.05, 3.63) is 0 Å². The van der Waals surface area contributed by atoms with E-state index in [-0.39, 0.29) is 32.3 Å². The molecule has 0 aromatic carbocycles. The second-order valence-electron chi connectivity index (χ2n) is 14.6. The summed E-state index contributed by atoms with van der Waals surface area (Å²) in [5.74, 6) is -1.76. The van der Waals surface area contributed by atoms with Gasteiger partial charge in [-0.15, -0.1) is 0 Å².